The van der Waals surface area contributed by atoms with Crippen molar-refractivity contribution < 1.29 is 0 Å². The Morgan fingerprint density at radius 3 is 2.87 bits per heavy atom. The molecular formula is C8H6Cl2N4S. The van der Waals surface area contributed by atoms with E-state index >= 15 is 0 Å². The Labute approximate surface area is 100 Å². The predicted octanol–water partition coefficient (Wildman–Crippen LogP) is 2.80. The Balaban J connectivity index is 2.05. The Hall–Kier alpha value is -0.780. The lowest BCUT2D eigenvalue weighted by molar-refractivity contribution is 0.972. The molecule has 0 aliphatic carbocycles. The Morgan fingerprint density at radius 2 is 2.20 bits per heavy atom. The van der Waals surface area contributed by atoms with E-state index in [4.69, 9.17) is 23.2 Å². The molecule has 7 heteroatoms. The second-order valence-corrected chi connectivity index (χ2v) is 4.44. The van der Waals surface area contributed by atoms with Crippen LogP contribution in [0.5, 0.6) is 0 Å². The zero-order chi connectivity index (χ0) is 10.7. The number of H-pyrrole nitrogens is 1. The molecule has 1 N–H and O–H groups in total. The number of hydrogen-bond donors (Lipinski definition) is 1. The zero-order valence-electron chi connectivity index (χ0n) is 7.44. The van der Waals surface area contributed by atoms with Gasteiger partial charge in [0, 0.05) is 17.0 Å². The molecule has 0 saturated heterocycles. The normalized spacial score (nSPS) is 10.5. The summed E-state index contributed by atoms with van der Waals surface area (Å²) in [5, 5.41) is 8.26. The number of aromatic amines is 1. The highest BCUT2D eigenvalue weighted by molar-refractivity contribution is 7.98. The lowest BCUT2D eigenvalue weighted by atomic mass is 10.3. The summed E-state index contributed by atoms with van der Waals surface area (Å²) in [6.45, 7) is 0. The largest absolute Gasteiger partial charge is 0.254 e. The van der Waals surface area contributed by atoms with E-state index in [1.54, 1.807) is 12.3 Å². The van der Waals surface area contributed by atoms with E-state index < -0.39 is 0 Å². The molecule has 0 spiro atoms. The third-order valence-corrected chi connectivity index (χ3v) is 3.14. The summed E-state index contributed by atoms with van der Waals surface area (Å²) in [4.78, 5) is 7.95. The average Bonchev–Trinajstić information content (AvgIpc) is 2.69. The van der Waals surface area contributed by atoms with Gasteiger partial charge >= 0.3 is 0 Å². The van der Waals surface area contributed by atoms with Crippen LogP contribution < -0.4 is 0 Å². The topological polar surface area (TPSA) is 54.5 Å². The van der Waals surface area contributed by atoms with Crippen LogP contribution in [0.4, 0.5) is 0 Å². The first-order chi connectivity index (χ1) is 7.25. The van der Waals surface area contributed by atoms with Crippen molar-refractivity contribution in [3.8, 4) is 0 Å². The van der Waals surface area contributed by atoms with E-state index in [0.717, 1.165) is 10.7 Å². The van der Waals surface area contributed by atoms with E-state index in [1.165, 1.54) is 18.1 Å². The molecule has 0 aromatic carbocycles. The lowest BCUT2D eigenvalue weighted by Gasteiger charge is -2.01. The van der Waals surface area contributed by atoms with Gasteiger partial charge in [0.2, 0.25) is 0 Å². The highest BCUT2D eigenvalue weighted by Gasteiger charge is 2.04. The molecule has 2 rings (SSSR count). The fourth-order valence-electron chi connectivity index (χ4n) is 0.952. The molecule has 0 unspecified atom stereocenters. The van der Waals surface area contributed by atoms with Crippen LogP contribution in [0.2, 0.25) is 10.2 Å². The molecule has 0 radical (unpaired) electrons. The molecule has 0 amide bonds. The van der Waals surface area contributed by atoms with Crippen molar-refractivity contribution in [2.24, 2.45) is 0 Å². The Morgan fingerprint density at radius 1 is 1.33 bits per heavy atom. The third kappa shape index (κ3) is 2.84. The standard InChI is InChI=1S/C8H6Cl2N4S/c9-6-1-7(10)11-2-5(6)3-15-8-12-4-13-14-8/h1-2,4H,3H2,(H,12,13,14). The van der Waals surface area contributed by atoms with E-state index in [2.05, 4.69) is 20.2 Å². The Bertz CT molecular complexity index is 446. The first-order valence-electron chi connectivity index (χ1n) is 4.04. The smallest absolute Gasteiger partial charge is 0.183 e. The summed E-state index contributed by atoms with van der Waals surface area (Å²) >= 11 is 13.2. The second kappa shape index (κ2) is 4.83. The number of halogens is 2. The van der Waals surface area contributed by atoms with Crippen molar-refractivity contribution in [3.05, 3.63) is 34.3 Å². The van der Waals surface area contributed by atoms with Crippen molar-refractivity contribution >= 4 is 35.0 Å². The van der Waals surface area contributed by atoms with Gasteiger partial charge in [0.25, 0.3) is 0 Å². The van der Waals surface area contributed by atoms with Crippen molar-refractivity contribution in [1.82, 2.24) is 20.2 Å². The molecule has 2 aromatic rings. The maximum atomic E-state index is 5.99. The molecule has 15 heavy (non-hydrogen) atoms. The highest BCUT2D eigenvalue weighted by atomic mass is 35.5. The number of hydrogen-bond acceptors (Lipinski definition) is 4. The summed E-state index contributed by atoms with van der Waals surface area (Å²) < 4.78 is 0. The fraction of sp³-hybridized carbons (Fsp3) is 0.125. The van der Waals surface area contributed by atoms with Gasteiger partial charge in [0.15, 0.2) is 5.16 Å². The van der Waals surface area contributed by atoms with Crippen LogP contribution in [0.3, 0.4) is 0 Å². The van der Waals surface area contributed by atoms with Crippen molar-refractivity contribution in [3.63, 3.8) is 0 Å². The molecule has 0 bridgehead atoms. The molecular weight excluding hydrogens is 255 g/mol. The number of thioether (sulfide) groups is 1. The van der Waals surface area contributed by atoms with E-state index in [-0.39, 0.29) is 0 Å². The van der Waals surface area contributed by atoms with Gasteiger partial charge in [-0.05, 0) is 11.6 Å². The maximum Gasteiger partial charge on any atom is 0.183 e. The molecule has 0 atom stereocenters. The monoisotopic (exact) mass is 260 g/mol. The van der Waals surface area contributed by atoms with E-state index in [0.29, 0.717) is 15.9 Å². The number of nitrogens with zero attached hydrogens (tertiary/aromatic N) is 3. The SMILES string of the molecule is Clc1cc(Cl)c(CSc2ncn[nH]2)cn1. The zero-order valence-corrected chi connectivity index (χ0v) is 9.77. The van der Waals surface area contributed by atoms with Crippen LogP contribution in [-0.2, 0) is 5.75 Å². The molecule has 78 valence electrons. The minimum Gasteiger partial charge on any atom is -0.254 e. The molecule has 0 aliphatic heterocycles. The van der Waals surface area contributed by atoms with Crippen molar-refractivity contribution in [2.45, 2.75) is 10.9 Å². The highest BCUT2D eigenvalue weighted by Crippen LogP contribution is 2.25. The number of pyridine rings is 1. The van der Waals surface area contributed by atoms with Gasteiger partial charge in [-0.3, -0.25) is 5.10 Å². The van der Waals surface area contributed by atoms with Crippen LogP contribution >= 0.6 is 35.0 Å². The molecule has 2 heterocycles. The Kier molecular flexibility index (Phi) is 3.45. The van der Waals surface area contributed by atoms with Crippen LogP contribution in [0.1, 0.15) is 5.56 Å². The van der Waals surface area contributed by atoms with Crippen molar-refractivity contribution in [2.75, 3.05) is 0 Å². The van der Waals surface area contributed by atoms with Gasteiger partial charge in [-0.2, -0.15) is 5.10 Å². The van der Waals surface area contributed by atoms with Crippen LogP contribution in [0, 0.1) is 0 Å². The van der Waals surface area contributed by atoms with Crippen LogP contribution in [0.15, 0.2) is 23.7 Å². The van der Waals surface area contributed by atoms with Crippen LogP contribution in [0.25, 0.3) is 0 Å². The minimum atomic E-state index is 0.397. The second-order valence-electron chi connectivity index (χ2n) is 2.68. The molecule has 4 nitrogen and oxygen atoms in total. The van der Waals surface area contributed by atoms with Crippen LogP contribution in [-0.4, -0.2) is 20.2 Å². The van der Waals surface area contributed by atoms with Gasteiger partial charge < -0.3 is 0 Å². The predicted molar refractivity (Wildman–Crippen MR) is 60.2 cm³/mol. The van der Waals surface area contributed by atoms with Gasteiger partial charge in [0.05, 0.1) is 0 Å². The summed E-state index contributed by atoms with van der Waals surface area (Å²) in [5.74, 6) is 0.679. The lowest BCUT2D eigenvalue weighted by Crippen LogP contribution is -1.86. The maximum absolute atomic E-state index is 5.99. The molecule has 0 fully saturated rings. The quantitative estimate of drug-likeness (QED) is 0.681. The van der Waals surface area contributed by atoms with E-state index in [9.17, 15) is 0 Å². The summed E-state index contributed by atoms with van der Waals surface area (Å²) in [6.07, 6.45) is 3.12. The first-order valence-corrected chi connectivity index (χ1v) is 5.78. The van der Waals surface area contributed by atoms with Crippen molar-refractivity contribution in [1.29, 1.82) is 0 Å². The molecule has 2 aromatic heterocycles. The average molecular weight is 261 g/mol. The number of aromatic nitrogens is 4. The first kappa shape index (κ1) is 10.7. The summed E-state index contributed by atoms with van der Waals surface area (Å²) in [7, 11) is 0. The number of rotatable bonds is 3. The summed E-state index contributed by atoms with van der Waals surface area (Å²) in [5.41, 5.74) is 0.919. The van der Waals surface area contributed by atoms with E-state index in [1.807, 2.05) is 0 Å². The molecule has 0 aliphatic rings. The summed E-state index contributed by atoms with van der Waals surface area (Å²) in [6, 6.07) is 1.62. The molecule has 0 saturated carbocycles. The van der Waals surface area contributed by atoms with Gasteiger partial charge in [-0.15, -0.1) is 0 Å². The third-order valence-electron chi connectivity index (χ3n) is 1.65. The van der Waals surface area contributed by atoms with Gasteiger partial charge in [0.1, 0.15) is 11.5 Å². The number of nitrogens with one attached hydrogen (secondary N) is 1. The van der Waals surface area contributed by atoms with Gasteiger partial charge in [-0.25, -0.2) is 9.97 Å². The fourth-order valence-corrected chi connectivity index (χ4v) is 2.23. The van der Waals surface area contributed by atoms with Gasteiger partial charge in [-0.1, -0.05) is 35.0 Å². The minimum absolute atomic E-state index is 0.397.